The summed E-state index contributed by atoms with van der Waals surface area (Å²) in [5.41, 5.74) is 2.99. The maximum atomic E-state index is 12.8. The summed E-state index contributed by atoms with van der Waals surface area (Å²) in [6, 6.07) is 6.31. The summed E-state index contributed by atoms with van der Waals surface area (Å²) in [6.45, 7) is 1.68. The number of hydrogen-bond donors (Lipinski definition) is 1. The SMILES string of the molecule is Fc1ccc(-c2onc3c2CCNC3)cc1. The van der Waals surface area contributed by atoms with Crippen LogP contribution in [0.25, 0.3) is 11.3 Å². The molecule has 1 aromatic heterocycles. The van der Waals surface area contributed by atoms with Gasteiger partial charge in [-0.2, -0.15) is 0 Å². The second kappa shape index (κ2) is 3.72. The van der Waals surface area contributed by atoms with Crippen molar-refractivity contribution in [1.29, 1.82) is 0 Å². The van der Waals surface area contributed by atoms with E-state index in [2.05, 4.69) is 10.5 Å². The average Bonchev–Trinajstić information content (AvgIpc) is 2.74. The van der Waals surface area contributed by atoms with Crippen molar-refractivity contribution < 1.29 is 8.91 Å². The lowest BCUT2D eigenvalue weighted by atomic mass is 10.0. The van der Waals surface area contributed by atoms with E-state index in [9.17, 15) is 4.39 Å². The minimum atomic E-state index is -0.237. The molecule has 0 saturated heterocycles. The van der Waals surface area contributed by atoms with Gasteiger partial charge in [0.05, 0.1) is 0 Å². The van der Waals surface area contributed by atoms with Gasteiger partial charge >= 0.3 is 0 Å². The summed E-state index contributed by atoms with van der Waals surface area (Å²) in [5, 5.41) is 7.26. The molecule has 4 heteroatoms. The van der Waals surface area contributed by atoms with Crippen molar-refractivity contribution in [3.8, 4) is 11.3 Å². The van der Waals surface area contributed by atoms with Crippen LogP contribution in [-0.2, 0) is 13.0 Å². The van der Waals surface area contributed by atoms with Crippen LogP contribution in [0.2, 0.25) is 0 Å². The van der Waals surface area contributed by atoms with Gasteiger partial charge in [-0.15, -0.1) is 0 Å². The molecule has 1 N–H and O–H groups in total. The van der Waals surface area contributed by atoms with Crippen molar-refractivity contribution in [3.63, 3.8) is 0 Å². The summed E-state index contributed by atoms with van der Waals surface area (Å²) >= 11 is 0. The molecule has 1 aliphatic rings. The molecule has 0 fully saturated rings. The third-order valence-corrected chi connectivity index (χ3v) is 2.82. The number of nitrogens with zero attached hydrogens (tertiary/aromatic N) is 1. The number of rotatable bonds is 1. The summed E-state index contributed by atoms with van der Waals surface area (Å²) in [5.74, 6) is 0.537. The summed E-state index contributed by atoms with van der Waals surface area (Å²) < 4.78 is 18.1. The van der Waals surface area contributed by atoms with E-state index in [4.69, 9.17) is 4.52 Å². The van der Waals surface area contributed by atoms with Gasteiger partial charge in [-0.3, -0.25) is 0 Å². The molecule has 0 amide bonds. The minimum absolute atomic E-state index is 0.237. The molecule has 2 heterocycles. The monoisotopic (exact) mass is 218 g/mol. The van der Waals surface area contributed by atoms with Crippen LogP contribution in [0.15, 0.2) is 28.8 Å². The van der Waals surface area contributed by atoms with E-state index in [1.54, 1.807) is 12.1 Å². The Balaban J connectivity index is 2.06. The smallest absolute Gasteiger partial charge is 0.170 e. The Bertz CT molecular complexity index is 504. The van der Waals surface area contributed by atoms with Crippen molar-refractivity contribution in [2.45, 2.75) is 13.0 Å². The minimum Gasteiger partial charge on any atom is -0.356 e. The second-order valence-corrected chi connectivity index (χ2v) is 3.87. The molecule has 2 aromatic rings. The molecule has 0 saturated carbocycles. The Hall–Kier alpha value is -1.68. The van der Waals surface area contributed by atoms with Gasteiger partial charge in [-0.25, -0.2) is 4.39 Å². The van der Waals surface area contributed by atoms with Crippen molar-refractivity contribution in [2.24, 2.45) is 0 Å². The standard InChI is InChI=1S/C12H11FN2O/c13-9-3-1-8(2-4-9)12-10-5-6-14-7-11(10)15-16-12/h1-4,14H,5-7H2. The average molecular weight is 218 g/mol. The van der Waals surface area contributed by atoms with Crippen molar-refractivity contribution in [1.82, 2.24) is 10.5 Å². The molecule has 0 radical (unpaired) electrons. The Labute approximate surface area is 92.3 Å². The number of halogens is 1. The molecule has 0 unspecified atom stereocenters. The summed E-state index contributed by atoms with van der Waals surface area (Å²) in [6.07, 6.45) is 0.908. The molecular weight excluding hydrogens is 207 g/mol. The van der Waals surface area contributed by atoms with E-state index < -0.39 is 0 Å². The molecule has 0 atom stereocenters. The third-order valence-electron chi connectivity index (χ3n) is 2.82. The van der Waals surface area contributed by atoms with Crippen LogP contribution in [0, 0.1) is 5.82 Å². The molecule has 1 aliphatic heterocycles. The quantitative estimate of drug-likeness (QED) is 0.796. The van der Waals surface area contributed by atoms with Gasteiger partial charge in [0.15, 0.2) is 5.76 Å². The normalized spacial score (nSPS) is 14.8. The number of aromatic nitrogens is 1. The van der Waals surface area contributed by atoms with Crippen LogP contribution in [0.1, 0.15) is 11.3 Å². The molecule has 3 rings (SSSR count). The molecule has 16 heavy (non-hydrogen) atoms. The van der Waals surface area contributed by atoms with Gasteiger partial charge in [0.25, 0.3) is 0 Å². The van der Waals surface area contributed by atoms with Crippen LogP contribution < -0.4 is 5.32 Å². The molecule has 82 valence electrons. The van der Waals surface area contributed by atoms with Crippen molar-refractivity contribution in [3.05, 3.63) is 41.3 Å². The highest BCUT2D eigenvalue weighted by Gasteiger charge is 2.19. The van der Waals surface area contributed by atoms with Gasteiger partial charge in [0.2, 0.25) is 0 Å². The zero-order chi connectivity index (χ0) is 11.0. The van der Waals surface area contributed by atoms with Crippen LogP contribution in [0.5, 0.6) is 0 Å². The largest absolute Gasteiger partial charge is 0.356 e. The van der Waals surface area contributed by atoms with E-state index in [-0.39, 0.29) is 5.82 Å². The lowest BCUT2D eigenvalue weighted by Gasteiger charge is -2.10. The highest BCUT2D eigenvalue weighted by atomic mass is 19.1. The third kappa shape index (κ3) is 1.51. The van der Waals surface area contributed by atoms with Gasteiger partial charge in [-0.05, 0) is 37.2 Å². The van der Waals surface area contributed by atoms with E-state index >= 15 is 0 Å². The van der Waals surface area contributed by atoms with Gasteiger partial charge in [0, 0.05) is 17.7 Å². The fraction of sp³-hybridized carbons (Fsp3) is 0.250. The van der Waals surface area contributed by atoms with Gasteiger partial charge < -0.3 is 9.84 Å². The van der Waals surface area contributed by atoms with Gasteiger partial charge in [0.1, 0.15) is 11.5 Å². The first-order chi connectivity index (χ1) is 7.84. The molecular formula is C12H11FN2O. The first kappa shape index (κ1) is 9.54. The zero-order valence-electron chi connectivity index (χ0n) is 8.66. The molecule has 1 aromatic carbocycles. The first-order valence-corrected chi connectivity index (χ1v) is 5.28. The Morgan fingerprint density at radius 2 is 2.06 bits per heavy atom. The topological polar surface area (TPSA) is 38.1 Å². The summed E-state index contributed by atoms with van der Waals surface area (Å²) in [7, 11) is 0. The number of benzene rings is 1. The molecule has 0 bridgehead atoms. The molecule has 0 spiro atoms. The van der Waals surface area contributed by atoms with Crippen molar-refractivity contribution >= 4 is 0 Å². The highest BCUT2D eigenvalue weighted by Crippen LogP contribution is 2.28. The predicted molar refractivity (Wildman–Crippen MR) is 57.3 cm³/mol. The van der Waals surface area contributed by atoms with Crippen LogP contribution in [0.4, 0.5) is 4.39 Å². The van der Waals surface area contributed by atoms with E-state index in [0.717, 1.165) is 42.1 Å². The highest BCUT2D eigenvalue weighted by molar-refractivity contribution is 5.62. The Morgan fingerprint density at radius 1 is 1.25 bits per heavy atom. The Morgan fingerprint density at radius 3 is 2.88 bits per heavy atom. The fourth-order valence-electron chi connectivity index (χ4n) is 1.99. The Kier molecular flexibility index (Phi) is 2.22. The van der Waals surface area contributed by atoms with E-state index in [1.165, 1.54) is 12.1 Å². The van der Waals surface area contributed by atoms with E-state index in [1.807, 2.05) is 0 Å². The van der Waals surface area contributed by atoms with E-state index in [0.29, 0.717) is 0 Å². The number of nitrogens with one attached hydrogen (secondary N) is 1. The summed E-state index contributed by atoms with van der Waals surface area (Å²) in [4.78, 5) is 0. The maximum absolute atomic E-state index is 12.8. The predicted octanol–water partition coefficient (Wildman–Crippen LogP) is 2.13. The maximum Gasteiger partial charge on any atom is 0.170 e. The fourth-order valence-corrected chi connectivity index (χ4v) is 1.99. The lowest BCUT2D eigenvalue weighted by molar-refractivity contribution is 0.421. The number of fused-ring (bicyclic) bond motifs is 1. The first-order valence-electron chi connectivity index (χ1n) is 5.28. The van der Waals surface area contributed by atoms with Crippen LogP contribution >= 0.6 is 0 Å². The lowest BCUT2D eigenvalue weighted by Crippen LogP contribution is -2.23. The number of hydrogen-bond acceptors (Lipinski definition) is 3. The van der Waals surface area contributed by atoms with Crippen molar-refractivity contribution in [2.75, 3.05) is 6.54 Å². The van der Waals surface area contributed by atoms with Crippen LogP contribution in [-0.4, -0.2) is 11.7 Å². The van der Waals surface area contributed by atoms with Crippen LogP contribution in [0.3, 0.4) is 0 Å². The molecule has 3 nitrogen and oxygen atoms in total. The van der Waals surface area contributed by atoms with Gasteiger partial charge in [-0.1, -0.05) is 5.16 Å². The molecule has 0 aliphatic carbocycles. The zero-order valence-corrected chi connectivity index (χ0v) is 8.66. The second-order valence-electron chi connectivity index (χ2n) is 3.87.